The molecule has 0 bridgehead atoms. The Morgan fingerprint density at radius 3 is 2.61 bits per heavy atom. The van der Waals surface area contributed by atoms with Crippen molar-refractivity contribution in [3.8, 4) is 0 Å². The summed E-state index contributed by atoms with van der Waals surface area (Å²) in [6, 6.07) is 6.07. The van der Waals surface area contributed by atoms with Crippen LogP contribution in [0.1, 0.15) is 30.9 Å². The van der Waals surface area contributed by atoms with Crippen molar-refractivity contribution in [3.05, 3.63) is 52.6 Å². The Bertz CT molecular complexity index is 698. The fraction of sp³-hybridized carbons (Fsp3) is 0.421. The summed E-state index contributed by atoms with van der Waals surface area (Å²) in [4.78, 5) is 4.73. The van der Waals surface area contributed by atoms with Crippen LogP contribution in [0.25, 0.3) is 0 Å². The molecular formula is C19H21F2NS. The summed E-state index contributed by atoms with van der Waals surface area (Å²) in [5.41, 5.74) is 3.43. The maximum absolute atomic E-state index is 14.2. The highest BCUT2D eigenvalue weighted by Crippen LogP contribution is 2.52. The zero-order valence-electron chi connectivity index (χ0n) is 13.7. The van der Waals surface area contributed by atoms with Crippen molar-refractivity contribution < 1.29 is 8.78 Å². The van der Waals surface area contributed by atoms with Gasteiger partial charge in [-0.05, 0) is 49.8 Å². The van der Waals surface area contributed by atoms with Gasteiger partial charge >= 0.3 is 0 Å². The predicted octanol–water partition coefficient (Wildman–Crippen LogP) is 6.20. The van der Waals surface area contributed by atoms with E-state index in [1.54, 1.807) is 6.08 Å². The molecule has 4 heteroatoms. The van der Waals surface area contributed by atoms with Crippen LogP contribution in [0.15, 0.2) is 46.5 Å². The molecule has 2 aliphatic carbocycles. The van der Waals surface area contributed by atoms with E-state index in [0.717, 1.165) is 34.7 Å². The molecule has 0 amide bonds. The van der Waals surface area contributed by atoms with Gasteiger partial charge in [0.25, 0.3) is 0 Å². The molecule has 0 aliphatic heterocycles. The molecule has 23 heavy (non-hydrogen) atoms. The topological polar surface area (TPSA) is 12.4 Å². The van der Waals surface area contributed by atoms with Crippen LogP contribution in [-0.2, 0) is 0 Å². The van der Waals surface area contributed by atoms with Crippen molar-refractivity contribution >= 4 is 22.5 Å². The van der Waals surface area contributed by atoms with Crippen molar-refractivity contribution in [1.82, 2.24) is 0 Å². The zero-order valence-corrected chi connectivity index (χ0v) is 14.5. The lowest BCUT2D eigenvalue weighted by atomic mass is 10.1. The van der Waals surface area contributed by atoms with Gasteiger partial charge in [-0.25, -0.2) is 13.8 Å². The summed E-state index contributed by atoms with van der Waals surface area (Å²) in [6.07, 6.45) is 3.09. The third-order valence-electron chi connectivity index (χ3n) is 4.46. The Labute approximate surface area is 140 Å². The Kier molecular flexibility index (Phi) is 4.72. The minimum atomic E-state index is -0.378. The molecule has 1 fully saturated rings. The van der Waals surface area contributed by atoms with Crippen LogP contribution in [0.5, 0.6) is 0 Å². The van der Waals surface area contributed by atoms with Gasteiger partial charge in [-0.15, -0.1) is 11.8 Å². The SMILES string of the molecule is CCC(=Nc1c(C)cccc1C)SCC1=C(F)C2CC2C=C1F. The van der Waals surface area contributed by atoms with Crippen molar-refractivity contribution in [1.29, 1.82) is 0 Å². The maximum atomic E-state index is 14.2. The molecule has 122 valence electrons. The number of nitrogens with zero attached hydrogens (tertiary/aromatic N) is 1. The molecule has 0 heterocycles. The number of para-hydroxylation sites is 1. The maximum Gasteiger partial charge on any atom is 0.126 e. The quantitative estimate of drug-likeness (QED) is 0.472. The molecule has 0 radical (unpaired) electrons. The first-order chi connectivity index (χ1) is 11.0. The Morgan fingerprint density at radius 1 is 1.26 bits per heavy atom. The molecule has 1 aromatic carbocycles. The third kappa shape index (κ3) is 3.42. The lowest BCUT2D eigenvalue weighted by Gasteiger charge is -2.13. The van der Waals surface area contributed by atoms with E-state index in [2.05, 4.69) is 0 Å². The molecule has 0 spiro atoms. The first-order valence-corrected chi connectivity index (χ1v) is 9.02. The molecular weight excluding hydrogens is 312 g/mol. The number of thioether (sulfide) groups is 1. The van der Waals surface area contributed by atoms with E-state index in [1.807, 2.05) is 39.0 Å². The summed E-state index contributed by atoms with van der Waals surface area (Å²) in [5, 5.41) is 0.911. The predicted molar refractivity (Wildman–Crippen MR) is 94.7 cm³/mol. The summed E-state index contributed by atoms with van der Waals surface area (Å²) in [6.45, 7) is 6.08. The smallest absolute Gasteiger partial charge is 0.126 e. The lowest BCUT2D eigenvalue weighted by molar-refractivity contribution is 0.526. The average molecular weight is 333 g/mol. The van der Waals surface area contributed by atoms with Crippen LogP contribution in [0.4, 0.5) is 14.5 Å². The van der Waals surface area contributed by atoms with E-state index < -0.39 is 0 Å². The van der Waals surface area contributed by atoms with Gasteiger partial charge in [-0.1, -0.05) is 25.1 Å². The molecule has 1 saturated carbocycles. The first kappa shape index (κ1) is 16.4. The van der Waals surface area contributed by atoms with Gasteiger partial charge in [0, 0.05) is 17.2 Å². The molecule has 1 nitrogen and oxygen atoms in total. The van der Waals surface area contributed by atoms with E-state index in [0.29, 0.717) is 5.75 Å². The summed E-state index contributed by atoms with van der Waals surface area (Å²) in [5.74, 6) is -0.278. The van der Waals surface area contributed by atoms with Gasteiger partial charge in [-0.3, -0.25) is 0 Å². The number of allylic oxidation sites excluding steroid dienone is 3. The van der Waals surface area contributed by atoms with Crippen LogP contribution >= 0.6 is 11.8 Å². The first-order valence-electron chi connectivity index (χ1n) is 8.04. The van der Waals surface area contributed by atoms with Crippen LogP contribution in [0.3, 0.4) is 0 Å². The van der Waals surface area contributed by atoms with E-state index in [4.69, 9.17) is 4.99 Å². The van der Waals surface area contributed by atoms with Crippen LogP contribution in [0.2, 0.25) is 0 Å². The second kappa shape index (κ2) is 6.60. The number of hydrogen-bond acceptors (Lipinski definition) is 2. The summed E-state index contributed by atoms with van der Waals surface area (Å²) >= 11 is 1.44. The molecule has 0 saturated heterocycles. The van der Waals surface area contributed by atoms with Crippen molar-refractivity contribution in [2.24, 2.45) is 16.8 Å². The van der Waals surface area contributed by atoms with Crippen LogP contribution in [0, 0.1) is 25.7 Å². The van der Waals surface area contributed by atoms with Gasteiger partial charge in [-0.2, -0.15) is 0 Å². The number of aliphatic imine (C=N–C) groups is 1. The largest absolute Gasteiger partial charge is 0.246 e. The molecule has 0 N–H and O–H groups in total. The Morgan fingerprint density at radius 2 is 1.96 bits per heavy atom. The minimum Gasteiger partial charge on any atom is -0.246 e. The molecule has 1 aromatic rings. The second-order valence-corrected chi connectivity index (χ2v) is 7.28. The molecule has 2 atom stereocenters. The van der Waals surface area contributed by atoms with Gasteiger partial charge in [0.05, 0.1) is 10.7 Å². The lowest BCUT2D eigenvalue weighted by Crippen LogP contribution is -2.03. The highest BCUT2D eigenvalue weighted by atomic mass is 32.2. The number of fused-ring (bicyclic) bond motifs is 1. The molecule has 2 aliphatic rings. The van der Waals surface area contributed by atoms with Gasteiger partial charge in [0.2, 0.25) is 0 Å². The van der Waals surface area contributed by atoms with Gasteiger partial charge in [0.15, 0.2) is 0 Å². The number of aryl methyl sites for hydroxylation is 2. The van der Waals surface area contributed by atoms with Crippen molar-refractivity contribution in [3.63, 3.8) is 0 Å². The van der Waals surface area contributed by atoms with E-state index in [9.17, 15) is 8.78 Å². The fourth-order valence-electron chi connectivity index (χ4n) is 2.93. The molecule has 2 unspecified atom stereocenters. The fourth-order valence-corrected chi connectivity index (χ4v) is 3.88. The third-order valence-corrected chi connectivity index (χ3v) is 5.61. The van der Waals surface area contributed by atoms with E-state index in [1.165, 1.54) is 11.8 Å². The summed E-state index contributed by atoms with van der Waals surface area (Å²) < 4.78 is 28.2. The Hall–Kier alpha value is -1.42. The second-order valence-electron chi connectivity index (χ2n) is 6.24. The summed E-state index contributed by atoms with van der Waals surface area (Å²) in [7, 11) is 0. The average Bonchev–Trinajstić information content (AvgIpc) is 3.28. The monoisotopic (exact) mass is 333 g/mol. The number of halogens is 2. The van der Waals surface area contributed by atoms with Gasteiger partial charge in [0.1, 0.15) is 11.7 Å². The minimum absolute atomic E-state index is 0.0641. The normalized spacial score (nSPS) is 23.7. The number of rotatable bonds is 4. The van der Waals surface area contributed by atoms with Crippen LogP contribution in [-0.4, -0.2) is 10.8 Å². The van der Waals surface area contributed by atoms with E-state index >= 15 is 0 Å². The van der Waals surface area contributed by atoms with E-state index in [-0.39, 0.29) is 29.1 Å². The van der Waals surface area contributed by atoms with Crippen molar-refractivity contribution in [2.75, 3.05) is 5.75 Å². The standard InChI is InChI=1S/C19H21F2NS/c1-4-17(22-19-11(2)6-5-7-12(19)3)23-10-15-16(20)9-13-8-14(13)18(15)21/h5-7,9,13-14H,4,8,10H2,1-3H3. The van der Waals surface area contributed by atoms with Crippen LogP contribution < -0.4 is 0 Å². The Balaban J connectivity index is 1.77. The number of hydrogen-bond donors (Lipinski definition) is 0. The highest BCUT2D eigenvalue weighted by Gasteiger charge is 2.44. The van der Waals surface area contributed by atoms with Gasteiger partial charge < -0.3 is 0 Å². The van der Waals surface area contributed by atoms with Crippen molar-refractivity contribution in [2.45, 2.75) is 33.6 Å². The highest BCUT2D eigenvalue weighted by molar-refractivity contribution is 8.14. The molecule has 3 rings (SSSR count). The molecule has 0 aromatic heterocycles. The number of benzene rings is 1. The zero-order chi connectivity index (χ0) is 16.6.